The molecule has 0 saturated heterocycles. The number of carbonyl (C=O) groups excluding carboxylic acids is 1. The molecule has 0 saturated carbocycles. The van der Waals surface area contributed by atoms with Gasteiger partial charge in [0.2, 0.25) is 0 Å². The number of thiazole rings is 1. The van der Waals surface area contributed by atoms with Gasteiger partial charge in [0, 0.05) is 30.5 Å². The molecule has 8 heteroatoms. The van der Waals surface area contributed by atoms with Gasteiger partial charge >= 0.3 is 0 Å². The summed E-state index contributed by atoms with van der Waals surface area (Å²) in [6.07, 6.45) is 6.21. The van der Waals surface area contributed by atoms with Crippen LogP contribution in [-0.4, -0.2) is 33.6 Å². The van der Waals surface area contributed by atoms with Crippen LogP contribution in [0.3, 0.4) is 0 Å². The predicted octanol–water partition coefficient (Wildman–Crippen LogP) is 4.96. The van der Waals surface area contributed by atoms with Crippen molar-refractivity contribution >= 4 is 44.2 Å². The number of rotatable bonds is 8. The number of halogens is 1. The molecule has 0 unspecified atom stereocenters. The van der Waals surface area contributed by atoms with E-state index in [-0.39, 0.29) is 12.5 Å². The van der Waals surface area contributed by atoms with Gasteiger partial charge in [-0.2, -0.15) is 0 Å². The SMILES string of the molecule is Cc1ccc2nc(N(CCCn3ccnc3)C(=O)COc3ccc(Cl)cc3)sc2c1. The van der Waals surface area contributed by atoms with E-state index in [1.54, 1.807) is 41.7 Å². The van der Waals surface area contributed by atoms with E-state index in [1.807, 2.05) is 29.8 Å². The van der Waals surface area contributed by atoms with Crippen molar-refractivity contribution in [3.63, 3.8) is 0 Å². The molecule has 0 bridgehead atoms. The Kier molecular flexibility index (Phi) is 6.30. The molecular weight excluding hydrogens is 420 g/mol. The molecule has 4 rings (SSSR count). The Morgan fingerprint density at radius 2 is 2.07 bits per heavy atom. The van der Waals surface area contributed by atoms with E-state index in [1.165, 1.54) is 16.9 Å². The maximum absolute atomic E-state index is 13.0. The first-order valence-corrected chi connectivity index (χ1v) is 10.8. The number of hydrogen-bond donors (Lipinski definition) is 0. The molecule has 4 aromatic rings. The molecular formula is C22H21ClN4O2S. The maximum Gasteiger partial charge on any atom is 0.266 e. The second kappa shape index (κ2) is 9.28. The summed E-state index contributed by atoms with van der Waals surface area (Å²) < 4.78 is 8.74. The molecule has 0 aliphatic rings. The molecule has 0 atom stereocenters. The van der Waals surface area contributed by atoms with Crippen molar-refractivity contribution in [1.29, 1.82) is 0 Å². The number of aryl methyl sites for hydroxylation is 2. The molecule has 0 radical (unpaired) electrons. The van der Waals surface area contributed by atoms with Crippen molar-refractivity contribution in [3.8, 4) is 5.75 Å². The Labute approximate surface area is 183 Å². The van der Waals surface area contributed by atoms with Crippen molar-refractivity contribution in [1.82, 2.24) is 14.5 Å². The smallest absolute Gasteiger partial charge is 0.266 e. The van der Waals surface area contributed by atoms with Gasteiger partial charge in [0.05, 0.1) is 16.5 Å². The van der Waals surface area contributed by atoms with Gasteiger partial charge in [-0.25, -0.2) is 9.97 Å². The summed E-state index contributed by atoms with van der Waals surface area (Å²) in [5.41, 5.74) is 2.06. The van der Waals surface area contributed by atoms with Gasteiger partial charge in [0.1, 0.15) is 5.75 Å². The number of aromatic nitrogens is 3. The quantitative estimate of drug-likeness (QED) is 0.388. The minimum atomic E-state index is -0.133. The fourth-order valence-corrected chi connectivity index (χ4v) is 4.28. The first-order chi connectivity index (χ1) is 14.6. The summed E-state index contributed by atoms with van der Waals surface area (Å²) in [7, 11) is 0. The van der Waals surface area contributed by atoms with Crippen LogP contribution in [0.15, 0.2) is 61.2 Å². The van der Waals surface area contributed by atoms with Crippen LogP contribution in [0.25, 0.3) is 10.2 Å². The number of amides is 1. The predicted molar refractivity (Wildman–Crippen MR) is 121 cm³/mol. The molecule has 6 nitrogen and oxygen atoms in total. The van der Waals surface area contributed by atoms with E-state index in [9.17, 15) is 4.79 Å². The topological polar surface area (TPSA) is 60.2 Å². The Hall–Kier alpha value is -2.90. The lowest BCUT2D eigenvalue weighted by atomic mass is 10.2. The number of nitrogens with zero attached hydrogens (tertiary/aromatic N) is 4. The average molecular weight is 441 g/mol. The second-order valence-corrected chi connectivity index (χ2v) is 8.36. The highest BCUT2D eigenvalue weighted by atomic mass is 35.5. The van der Waals surface area contributed by atoms with E-state index in [0.29, 0.717) is 22.4 Å². The normalized spacial score (nSPS) is 11.0. The van der Waals surface area contributed by atoms with Gasteiger partial charge < -0.3 is 9.30 Å². The van der Waals surface area contributed by atoms with Gasteiger partial charge in [-0.05, 0) is 55.3 Å². The van der Waals surface area contributed by atoms with Crippen LogP contribution in [0, 0.1) is 6.92 Å². The van der Waals surface area contributed by atoms with Crippen molar-refractivity contribution in [3.05, 3.63) is 71.8 Å². The van der Waals surface area contributed by atoms with Crippen molar-refractivity contribution in [2.24, 2.45) is 0 Å². The third-order valence-corrected chi connectivity index (χ3v) is 5.89. The lowest BCUT2D eigenvalue weighted by Gasteiger charge is -2.20. The monoisotopic (exact) mass is 440 g/mol. The number of fused-ring (bicyclic) bond motifs is 1. The van der Waals surface area contributed by atoms with Gasteiger partial charge in [-0.1, -0.05) is 29.0 Å². The van der Waals surface area contributed by atoms with E-state index in [4.69, 9.17) is 16.3 Å². The third kappa shape index (κ3) is 4.98. The lowest BCUT2D eigenvalue weighted by Crippen LogP contribution is -2.36. The number of imidazole rings is 1. The van der Waals surface area contributed by atoms with Crippen molar-refractivity contribution < 1.29 is 9.53 Å². The summed E-state index contributed by atoms with van der Waals surface area (Å²) in [6, 6.07) is 13.1. The highest BCUT2D eigenvalue weighted by Gasteiger charge is 2.20. The zero-order valence-corrected chi connectivity index (χ0v) is 18.1. The summed E-state index contributed by atoms with van der Waals surface area (Å²) in [5, 5.41) is 1.31. The third-order valence-electron chi connectivity index (χ3n) is 4.60. The van der Waals surface area contributed by atoms with Gasteiger partial charge in [-0.15, -0.1) is 0 Å². The Morgan fingerprint density at radius 1 is 1.23 bits per heavy atom. The molecule has 0 N–H and O–H groups in total. The maximum atomic E-state index is 13.0. The van der Waals surface area contributed by atoms with Gasteiger partial charge in [0.15, 0.2) is 11.7 Å². The lowest BCUT2D eigenvalue weighted by molar-refractivity contribution is -0.120. The van der Waals surface area contributed by atoms with Crippen molar-refractivity contribution in [2.75, 3.05) is 18.1 Å². The number of hydrogen-bond acceptors (Lipinski definition) is 5. The minimum absolute atomic E-state index is 0.0678. The van der Waals surface area contributed by atoms with E-state index >= 15 is 0 Å². The van der Waals surface area contributed by atoms with Crippen LogP contribution in [0.2, 0.25) is 5.02 Å². The number of carbonyl (C=O) groups is 1. The van der Waals surface area contributed by atoms with Crippen LogP contribution < -0.4 is 9.64 Å². The molecule has 0 spiro atoms. The largest absolute Gasteiger partial charge is 0.484 e. The molecule has 2 aromatic carbocycles. The summed E-state index contributed by atoms with van der Waals surface area (Å²) in [6.45, 7) is 3.29. The Morgan fingerprint density at radius 3 is 2.83 bits per heavy atom. The summed E-state index contributed by atoms with van der Waals surface area (Å²) in [4.78, 5) is 23.5. The molecule has 2 aromatic heterocycles. The van der Waals surface area contributed by atoms with Crippen LogP contribution >= 0.6 is 22.9 Å². The molecule has 0 aliphatic heterocycles. The first kappa shape index (κ1) is 20.4. The molecule has 2 heterocycles. The van der Waals surface area contributed by atoms with E-state index in [0.717, 1.165) is 23.2 Å². The zero-order chi connectivity index (χ0) is 20.9. The first-order valence-electron chi connectivity index (χ1n) is 9.60. The molecule has 154 valence electrons. The minimum Gasteiger partial charge on any atom is -0.484 e. The van der Waals surface area contributed by atoms with Gasteiger partial charge in [-0.3, -0.25) is 9.69 Å². The summed E-state index contributed by atoms with van der Waals surface area (Å²) >= 11 is 7.43. The zero-order valence-electron chi connectivity index (χ0n) is 16.5. The fourth-order valence-electron chi connectivity index (χ4n) is 3.05. The van der Waals surface area contributed by atoms with E-state index < -0.39 is 0 Å². The number of ether oxygens (including phenoxy) is 1. The van der Waals surface area contributed by atoms with Gasteiger partial charge in [0.25, 0.3) is 5.91 Å². The Balaban J connectivity index is 1.50. The Bertz CT molecular complexity index is 1130. The molecule has 1 amide bonds. The van der Waals surface area contributed by atoms with Crippen LogP contribution in [0.4, 0.5) is 5.13 Å². The second-order valence-electron chi connectivity index (χ2n) is 6.91. The number of anilines is 1. The average Bonchev–Trinajstić information content (AvgIpc) is 3.40. The molecule has 0 aliphatic carbocycles. The molecule has 0 fully saturated rings. The fraction of sp³-hybridized carbons (Fsp3) is 0.227. The van der Waals surface area contributed by atoms with Crippen molar-refractivity contribution in [2.45, 2.75) is 19.9 Å². The highest BCUT2D eigenvalue weighted by Crippen LogP contribution is 2.30. The van der Waals surface area contributed by atoms with Crippen LogP contribution in [-0.2, 0) is 11.3 Å². The van der Waals surface area contributed by atoms with Crippen LogP contribution in [0.5, 0.6) is 5.75 Å². The highest BCUT2D eigenvalue weighted by molar-refractivity contribution is 7.22. The number of benzene rings is 2. The van der Waals surface area contributed by atoms with E-state index in [2.05, 4.69) is 16.0 Å². The molecule has 30 heavy (non-hydrogen) atoms. The summed E-state index contributed by atoms with van der Waals surface area (Å²) in [5.74, 6) is 0.470. The van der Waals surface area contributed by atoms with Crippen LogP contribution in [0.1, 0.15) is 12.0 Å². The standard InChI is InChI=1S/C22H21ClN4O2S/c1-16-3-8-19-20(13-16)30-22(25-19)27(11-2-10-26-12-9-24-15-26)21(28)14-29-18-6-4-17(23)5-7-18/h3-9,12-13,15H,2,10-11,14H2,1H3.